The van der Waals surface area contributed by atoms with Crippen molar-refractivity contribution in [1.29, 1.82) is 5.41 Å². The summed E-state index contributed by atoms with van der Waals surface area (Å²) in [6.07, 6.45) is 0. The summed E-state index contributed by atoms with van der Waals surface area (Å²) >= 11 is 0. The molecule has 0 radical (unpaired) electrons. The van der Waals surface area contributed by atoms with Crippen molar-refractivity contribution in [3.8, 4) is 0 Å². The van der Waals surface area contributed by atoms with Crippen LogP contribution in [0.1, 0.15) is 5.56 Å². The maximum absolute atomic E-state index is 11.1. The summed E-state index contributed by atoms with van der Waals surface area (Å²) in [4.78, 5) is 11.1. The number of hydrogen-bond acceptors (Lipinski definition) is 3. The summed E-state index contributed by atoms with van der Waals surface area (Å²) in [5.41, 5.74) is 5.94. The minimum absolute atomic E-state index is 0.0812. The number of nitrogens with one attached hydrogen (secondary N) is 2. The Hall–Kier alpha value is -2.04. The van der Waals surface area contributed by atoms with Gasteiger partial charge in [0.1, 0.15) is 13.2 Å². The van der Waals surface area contributed by atoms with Crippen molar-refractivity contribution in [3.63, 3.8) is 0 Å². The summed E-state index contributed by atoms with van der Waals surface area (Å²) in [7, 11) is 0. The SMILES string of the molecule is N=C(N)NCC(=O)OCc1ccccc1. The highest BCUT2D eigenvalue weighted by atomic mass is 16.5. The number of ether oxygens (including phenoxy) is 1. The first kappa shape index (κ1) is 11.0. The normalized spacial score (nSPS) is 9.33. The van der Waals surface area contributed by atoms with Gasteiger partial charge in [0.05, 0.1) is 0 Å². The maximum atomic E-state index is 11.1. The fourth-order valence-electron chi connectivity index (χ4n) is 0.956. The van der Waals surface area contributed by atoms with Crippen molar-refractivity contribution in [3.05, 3.63) is 35.9 Å². The number of esters is 1. The first-order valence-corrected chi connectivity index (χ1v) is 4.46. The molecule has 1 rings (SSSR count). The lowest BCUT2D eigenvalue weighted by molar-refractivity contribution is -0.143. The third-order valence-electron chi connectivity index (χ3n) is 1.67. The lowest BCUT2D eigenvalue weighted by Gasteiger charge is -2.05. The van der Waals surface area contributed by atoms with Gasteiger partial charge in [0.25, 0.3) is 0 Å². The fourth-order valence-corrected chi connectivity index (χ4v) is 0.956. The second-order valence-corrected chi connectivity index (χ2v) is 2.91. The molecular formula is C10H13N3O2. The molecule has 80 valence electrons. The van der Waals surface area contributed by atoms with Gasteiger partial charge in [-0.1, -0.05) is 30.3 Å². The number of nitrogens with two attached hydrogens (primary N) is 1. The number of carbonyl (C=O) groups is 1. The molecule has 1 aromatic rings. The van der Waals surface area contributed by atoms with Crippen LogP contribution in [0.3, 0.4) is 0 Å². The van der Waals surface area contributed by atoms with Crippen molar-refractivity contribution >= 4 is 11.9 Å². The Balaban J connectivity index is 2.26. The van der Waals surface area contributed by atoms with E-state index in [-0.39, 0.29) is 19.1 Å². The summed E-state index contributed by atoms with van der Waals surface area (Å²) in [5, 5.41) is 9.21. The van der Waals surface area contributed by atoms with Gasteiger partial charge in [0.2, 0.25) is 0 Å². The van der Waals surface area contributed by atoms with Gasteiger partial charge < -0.3 is 15.8 Å². The van der Waals surface area contributed by atoms with Crippen LogP contribution in [0.25, 0.3) is 0 Å². The Morgan fingerprint density at radius 1 is 1.40 bits per heavy atom. The van der Waals surface area contributed by atoms with Crippen LogP contribution in [0.15, 0.2) is 30.3 Å². The lowest BCUT2D eigenvalue weighted by Crippen LogP contribution is -2.35. The average Bonchev–Trinajstić information content (AvgIpc) is 2.25. The standard InChI is InChI=1S/C10H13N3O2/c11-10(12)13-6-9(14)15-7-8-4-2-1-3-5-8/h1-5H,6-7H2,(H4,11,12,13). The second-order valence-electron chi connectivity index (χ2n) is 2.91. The summed E-state index contributed by atoms with van der Waals surface area (Å²) in [6, 6.07) is 9.37. The molecule has 0 aromatic heterocycles. The minimum Gasteiger partial charge on any atom is -0.460 e. The molecule has 5 heteroatoms. The van der Waals surface area contributed by atoms with E-state index in [9.17, 15) is 4.79 Å². The smallest absolute Gasteiger partial charge is 0.325 e. The highest BCUT2D eigenvalue weighted by Crippen LogP contribution is 2.00. The van der Waals surface area contributed by atoms with E-state index in [1.165, 1.54) is 0 Å². The molecule has 0 heterocycles. The monoisotopic (exact) mass is 207 g/mol. The topological polar surface area (TPSA) is 88.2 Å². The van der Waals surface area contributed by atoms with Crippen molar-refractivity contribution in [2.45, 2.75) is 6.61 Å². The van der Waals surface area contributed by atoms with Gasteiger partial charge in [0, 0.05) is 0 Å². The Labute approximate surface area is 87.7 Å². The van der Waals surface area contributed by atoms with Crippen molar-refractivity contribution < 1.29 is 9.53 Å². The Kier molecular flexibility index (Phi) is 4.15. The van der Waals surface area contributed by atoms with E-state index in [1.54, 1.807) is 0 Å². The third kappa shape index (κ3) is 4.66. The number of guanidine groups is 1. The molecule has 0 spiro atoms. The summed E-state index contributed by atoms with van der Waals surface area (Å²) < 4.78 is 4.92. The zero-order valence-electron chi connectivity index (χ0n) is 8.19. The summed E-state index contributed by atoms with van der Waals surface area (Å²) in [5.74, 6) is -0.680. The zero-order valence-corrected chi connectivity index (χ0v) is 8.19. The van der Waals surface area contributed by atoms with Crippen LogP contribution in [-0.2, 0) is 16.1 Å². The molecule has 0 fully saturated rings. The quantitative estimate of drug-likeness (QED) is 0.374. The molecule has 15 heavy (non-hydrogen) atoms. The largest absolute Gasteiger partial charge is 0.460 e. The Bertz CT molecular complexity index is 338. The Morgan fingerprint density at radius 3 is 2.67 bits per heavy atom. The number of carbonyl (C=O) groups excluding carboxylic acids is 1. The predicted octanol–water partition coefficient (Wildman–Crippen LogP) is 0.213. The van der Waals surface area contributed by atoms with Gasteiger partial charge in [-0.25, -0.2) is 0 Å². The average molecular weight is 207 g/mol. The van der Waals surface area contributed by atoms with E-state index in [2.05, 4.69) is 5.32 Å². The molecule has 0 saturated carbocycles. The molecule has 0 aliphatic heterocycles. The molecule has 5 nitrogen and oxygen atoms in total. The van der Waals surface area contributed by atoms with E-state index >= 15 is 0 Å². The van der Waals surface area contributed by atoms with E-state index in [4.69, 9.17) is 15.9 Å². The first-order valence-electron chi connectivity index (χ1n) is 4.46. The van der Waals surface area contributed by atoms with Crippen LogP contribution in [0, 0.1) is 5.41 Å². The van der Waals surface area contributed by atoms with Gasteiger partial charge in [-0.2, -0.15) is 0 Å². The maximum Gasteiger partial charge on any atom is 0.325 e. The minimum atomic E-state index is -0.436. The molecule has 0 aliphatic rings. The van der Waals surface area contributed by atoms with E-state index in [0.29, 0.717) is 0 Å². The molecule has 0 bridgehead atoms. The number of rotatable bonds is 4. The third-order valence-corrected chi connectivity index (χ3v) is 1.67. The molecule has 0 unspecified atom stereocenters. The zero-order chi connectivity index (χ0) is 11.1. The highest BCUT2D eigenvalue weighted by Gasteiger charge is 2.02. The molecule has 4 N–H and O–H groups in total. The van der Waals surface area contributed by atoms with Crippen molar-refractivity contribution in [1.82, 2.24) is 5.32 Å². The van der Waals surface area contributed by atoms with Crippen LogP contribution in [0.5, 0.6) is 0 Å². The van der Waals surface area contributed by atoms with Crippen molar-refractivity contribution in [2.24, 2.45) is 5.73 Å². The molecule has 0 saturated heterocycles. The van der Waals surface area contributed by atoms with Crippen LogP contribution >= 0.6 is 0 Å². The number of hydrogen-bond donors (Lipinski definition) is 3. The molecule has 1 aromatic carbocycles. The van der Waals surface area contributed by atoms with E-state index in [1.807, 2.05) is 30.3 Å². The van der Waals surface area contributed by atoms with Gasteiger partial charge in [0.15, 0.2) is 5.96 Å². The molecule has 0 amide bonds. The predicted molar refractivity (Wildman–Crippen MR) is 56.2 cm³/mol. The van der Waals surface area contributed by atoms with Crippen LogP contribution in [0.2, 0.25) is 0 Å². The number of benzene rings is 1. The first-order chi connectivity index (χ1) is 7.18. The van der Waals surface area contributed by atoms with E-state index < -0.39 is 5.97 Å². The van der Waals surface area contributed by atoms with Crippen molar-refractivity contribution in [2.75, 3.05) is 6.54 Å². The summed E-state index contributed by atoms with van der Waals surface area (Å²) in [6.45, 7) is 0.154. The fraction of sp³-hybridized carbons (Fsp3) is 0.200. The second kappa shape index (κ2) is 5.64. The highest BCUT2D eigenvalue weighted by molar-refractivity contribution is 5.80. The van der Waals surface area contributed by atoms with E-state index in [0.717, 1.165) is 5.56 Å². The van der Waals surface area contributed by atoms with Gasteiger partial charge in [-0.3, -0.25) is 10.2 Å². The molecular weight excluding hydrogens is 194 g/mol. The van der Waals surface area contributed by atoms with Crippen LogP contribution in [-0.4, -0.2) is 18.5 Å². The van der Waals surface area contributed by atoms with Gasteiger partial charge in [-0.05, 0) is 5.56 Å². The Morgan fingerprint density at radius 2 is 2.07 bits per heavy atom. The molecule has 0 aliphatic carbocycles. The molecule has 0 atom stereocenters. The lowest BCUT2D eigenvalue weighted by atomic mass is 10.2. The van der Waals surface area contributed by atoms with Gasteiger partial charge >= 0.3 is 5.97 Å². The van der Waals surface area contributed by atoms with Crippen LogP contribution in [0.4, 0.5) is 0 Å². The van der Waals surface area contributed by atoms with Crippen LogP contribution < -0.4 is 11.1 Å². The van der Waals surface area contributed by atoms with Gasteiger partial charge in [-0.15, -0.1) is 0 Å².